The zero-order chi connectivity index (χ0) is 9.30. The summed E-state index contributed by atoms with van der Waals surface area (Å²) in [6.45, 7) is 1.35. The summed E-state index contributed by atoms with van der Waals surface area (Å²) in [5, 5.41) is 10.4. The summed E-state index contributed by atoms with van der Waals surface area (Å²) in [6.07, 6.45) is 0. The molecule has 0 radical (unpaired) electrons. The second-order valence-corrected chi connectivity index (χ2v) is 2.78. The lowest BCUT2D eigenvalue weighted by atomic mass is 10.2. The van der Waals surface area contributed by atoms with Crippen LogP contribution < -0.4 is 0 Å². The molecule has 0 heterocycles. The smallest absolute Gasteiger partial charge is 0.258 e. The predicted molar refractivity (Wildman–Crippen MR) is 45.0 cm³/mol. The molecule has 1 aromatic carbocycles. The average molecular weight is 187 g/mol. The van der Waals surface area contributed by atoms with Gasteiger partial charge >= 0.3 is 0 Å². The molecular weight excluding hydrogens is 181 g/mol. The van der Waals surface area contributed by atoms with Gasteiger partial charge in [0.1, 0.15) is 5.82 Å². The third-order valence-corrected chi connectivity index (χ3v) is 1.89. The number of hydrogen-bond donors (Lipinski definition) is 1. The van der Waals surface area contributed by atoms with Gasteiger partial charge in [-0.3, -0.25) is 10.1 Å². The fraction of sp³-hybridized carbons (Fsp3) is 0.143. The van der Waals surface area contributed by atoms with E-state index < -0.39 is 10.7 Å². The first-order valence-electron chi connectivity index (χ1n) is 3.16. The van der Waals surface area contributed by atoms with Crippen LogP contribution in [0.2, 0.25) is 0 Å². The minimum absolute atomic E-state index is 0.0208. The molecule has 0 bridgehead atoms. The molecule has 0 fully saturated rings. The maximum absolute atomic E-state index is 12.8. The van der Waals surface area contributed by atoms with Gasteiger partial charge in [-0.15, -0.1) is 12.6 Å². The molecule has 0 aromatic heterocycles. The van der Waals surface area contributed by atoms with E-state index in [0.29, 0.717) is 0 Å². The van der Waals surface area contributed by atoms with Crippen molar-refractivity contribution in [2.45, 2.75) is 11.8 Å². The van der Waals surface area contributed by atoms with Gasteiger partial charge in [0.2, 0.25) is 0 Å². The van der Waals surface area contributed by atoms with Crippen molar-refractivity contribution < 1.29 is 9.31 Å². The number of thiol groups is 1. The summed E-state index contributed by atoms with van der Waals surface area (Å²) >= 11 is 3.85. The van der Waals surface area contributed by atoms with Crippen molar-refractivity contribution in [2.24, 2.45) is 0 Å². The van der Waals surface area contributed by atoms with Gasteiger partial charge < -0.3 is 0 Å². The second kappa shape index (κ2) is 3.10. The van der Waals surface area contributed by atoms with Crippen molar-refractivity contribution in [1.29, 1.82) is 0 Å². The van der Waals surface area contributed by atoms with Crippen LogP contribution in [0.1, 0.15) is 5.56 Å². The molecule has 0 unspecified atom stereocenters. The van der Waals surface area contributed by atoms with Crippen LogP contribution in [0.3, 0.4) is 0 Å². The predicted octanol–water partition coefficient (Wildman–Crippen LogP) is 2.33. The van der Waals surface area contributed by atoms with Gasteiger partial charge in [-0.1, -0.05) is 0 Å². The number of halogens is 1. The zero-order valence-electron chi connectivity index (χ0n) is 6.24. The number of nitro benzene ring substituents is 1. The largest absolute Gasteiger partial charge is 0.288 e. The monoisotopic (exact) mass is 187 g/mol. The minimum Gasteiger partial charge on any atom is -0.258 e. The minimum atomic E-state index is -0.638. The molecule has 3 nitrogen and oxygen atoms in total. The highest BCUT2D eigenvalue weighted by atomic mass is 32.1. The van der Waals surface area contributed by atoms with E-state index in [1.165, 1.54) is 13.0 Å². The number of benzene rings is 1. The number of nitrogens with zero attached hydrogens (tertiary/aromatic N) is 1. The van der Waals surface area contributed by atoms with E-state index >= 15 is 0 Å². The van der Waals surface area contributed by atoms with E-state index in [0.717, 1.165) is 6.07 Å². The van der Waals surface area contributed by atoms with Crippen LogP contribution >= 0.6 is 12.6 Å². The molecule has 1 aromatic rings. The summed E-state index contributed by atoms with van der Waals surface area (Å²) in [7, 11) is 0. The molecule has 0 N–H and O–H groups in total. The van der Waals surface area contributed by atoms with Crippen molar-refractivity contribution in [1.82, 2.24) is 0 Å². The lowest BCUT2D eigenvalue weighted by Crippen LogP contribution is -1.95. The summed E-state index contributed by atoms with van der Waals surface area (Å²) in [5.74, 6) is -0.584. The van der Waals surface area contributed by atoms with Crippen molar-refractivity contribution in [3.63, 3.8) is 0 Å². The van der Waals surface area contributed by atoms with E-state index in [4.69, 9.17) is 0 Å². The summed E-state index contributed by atoms with van der Waals surface area (Å²) in [5.41, 5.74) is -0.245. The number of nitro groups is 1. The topological polar surface area (TPSA) is 43.1 Å². The van der Waals surface area contributed by atoms with E-state index in [-0.39, 0.29) is 16.1 Å². The van der Waals surface area contributed by atoms with Crippen molar-refractivity contribution in [2.75, 3.05) is 0 Å². The molecule has 64 valence electrons. The van der Waals surface area contributed by atoms with Gasteiger partial charge in [-0.2, -0.15) is 0 Å². The Bertz CT molecular complexity index is 340. The highest BCUT2D eigenvalue weighted by molar-refractivity contribution is 7.80. The summed E-state index contributed by atoms with van der Waals surface area (Å²) in [4.78, 5) is 9.93. The third-order valence-electron chi connectivity index (χ3n) is 1.53. The van der Waals surface area contributed by atoms with Crippen LogP contribution in [0, 0.1) is 22.9 Å². The lowest BCUT2D eigenvalue weighted by Gasteiger charge is -2.00. The normalized spacial score (nSPS) is 9.92. The molecule has 0 aliphatic rings. The van der Waals surface area contributed by atoms with Gasteiger partial charge in [0, 0.05) is 0 Å². The Labute approximate surface area is 73.8 Å². The van der Waals surface area contributed by atoms with Gasteiger partial charge in [0.25, 0.3) is 5.69 Å². The second-order valence-electron chi connectivity index (χ2n) is 2.30. The van der Waals surface area contributed by atoms with Crippen molar-refractivity contribution >= 4 is 18.3 Å². The Morgan fingerprint density at radius 1 is 1.58 bits per heavy atom. The molecule has 0 amide bonds. The average Bonchev–Trinajstić information content (AvgIpc) is 1.97. The first-order valence-corrected chi connectivity index (χ1v) is 3.61. The fourth-order valence-corrected chi connectivity index (χ4v) is 1.22. The quantitative estimate of drug-likeness (QED) is 0.416. The highest BCUT2D eigenvalue weighted by Crippen LogP contribution is 2.27. The molecule has 1 rings (SSSR count). The van der Waals surface area contributed by atoms with Crippen LogP contribution in [-0.2, 0) is 0 Å². The Hall–Kier alpha value is -1.10. The molecule has 0 aliphatic carbocycles. The van der Waals surface area contributed by atoms with Crippen molar-refractivity contribution in [3.8, 4) is 0 Å². The first kappa shape index (κ1) is 8.99. The summed E-state index contributed by atoms with van der Waals surface area (Å²) in [6, 6.07) is 2.42. The first-order chi connectivity index (χ1) is 5.54. The Morgan fingerprint density at radius 2 is 2.17 bits per heavy atom. The third kappa shape index (κ3) is 1.40. The van der Waals surface area contributed by atoms with Crippen LogP contribution in [0.25, 0.3) is 0 Å². The zero-order valence-corrected chi connectivity index (χ0v) is 7.14. The fourth-order valence-electron chi connectivity index (χ4n) is 0.892. The maximum Gasteiger partial charge on any atom is 0.288 e. The number of hydrogen-bond acceptors (Lipinski definition) is 3. The van der Waals surface area contributed by atoms with E-state index in [9.17, 15) is 14.5 Å². The van der Waals surface area contributed by atoms with Crippen molar-refractivity contribution in [3.05, 3.63) is 33.6 Å². The Kier molecular flexibility index (Phi) is 2.32. The van der Waals surface area contributed by atoms with Crippen LogP contribution in [0.15, 0.2) is 17.0 Å². The van der Waals surface area contributed by atoms with Crippen LogP contribution in [0.5, 0.6) is 0 Å². The van der Waals surface area contributed by atoms with Gasteiger partial charge in [-0.05, 0) is 19.1 Å². The highest BCUT2D eigenvalue weighted by Gasteiger charge is 2.17. The standard InChI is InChI=1S/C7H6FNO2S/c1-4-5(8)2-3-6(12)7(4)9(10)11/h2-3,12H,1H3. The van der Waals surface area contributed by atoms with E-state index in [1.807, 2.05) is 0 Å². The lowest BCUT2D eigenvalue weighted by molar-refractivity contribution is -0.388. The molecule has 0 saturated carbocycles. The maximum atomic E-state index is 12.8. The molecule has 12 heavy (non-hydrogen) atoms. The van der Waals surface area contributed by atoms with Crippen LogP contribution in [0.4, 0.5) is 10.1 Å². The van der Waals surface area contributed by atoms with E-state index in [1.54, 1.807) is 0 Å². The SMILES string of the molecule is Cc1c(F)ccc(S)c1[N+](=O)[O-]. The summed E-state index contributed by atoms with van der Waals surface area (Å²) < 4.78 is 12.8. The Morgan fingerprint density at radius 3 is 2.58 bits per heavy atom. The van der Waals surface area contributed by atoms with E-state index in [2.05, 4.69) is 12.6 Å². The Balaban J connectivity index is 3.43. The van der Waals surface area contributed by atoms with Gasteiger partial charge in [0.05, 0.1) is 15.4 Å². The molecular formula is C7H6FNO2S. The molecule has 0 saturated heterocycles. The molecule has 0 atom stereocenters. The van der Waals surface area contributed by atoms with Gasteiger partial charge in [0.15, 0.2) is 0 Å². The van der Waals surface area contributed by atoms with Crippen LogP contribution in [-0.4, -0.2) is 4.92 Å². The molecule has 5 heteroatoms. The molecule has 0 aliphatic heterocycles. The molecule has 0 spiro atoms. The number of rotatable bonds is 1. The van der Waals surface area contributed by atoms with Gasteiger partial charge in [-0.25, -0.2) is 4.39 Å².